The van der Waals surface area contributed by atoms with Gasteiger partial charge in [-0.2, -0.15) is 4.52 Å². The predicted molar refractivity (Wildman–Crippen MR) is 137 cm³/mol. The number of aromatic nitrogens is 3. The van der Waals surface area contributed by atoms with Crippen LogP contribution in [0.3, 0.4) is 0 Å². The predicted octanol–water partition coefficient (Wildman–Crippen LogP) is 5.50. The van der Waals surface area contributed by atoms with E-state index in [-0.39, 0.29) is 23.8 Å². The third-order valence-electron chi connectivity index (χ3n) is 5.18. The lowest BCUT2D eigenvalue weighted by Crippen LogP contribution is -2.30. The molecule has 0 bridgehead atoms. The number of fused-ring (bicyclic) bond motifs is 1. The first-order chi connectivity index (χ1) is 16.0. The maximum absolute atomic E-state index is 13.3. The van der Waals surface area contributed by atoms with E-state index in [1.807, 2.05) is 7.05 Å². The van der Waals surface area contributed by atoms with E-state index in [0.29, 0.717) is 16.4 Å². The van der Waals surface area contributed by atoms with E-state index >= 15 is 0 Å². The van der Waals surface area contributed by atoms with Crippen LogP contribution in [-0.4, -0.2) is 39.6 Å². The molecule has 2 aromatic heterocycles. The van der Waals surface area contributed by atoms with Crippen LogP contribution in [0.25, 0.3) is 16.2 Å². The number of nitrogens with zero attached hydrogens (tertiary/aromatic N) is 4. The van der Waals surface area contributed by atoms with Crippen molar-refractivity contribution in [3.8, 4) is 11.3 Å². The summed E-state index contributed by atoms with van der Waals surface area (Å²) in [4.78, 5) is 20.0. The van der Waals surface area contributed by atoms with Gasteiger partial charge in [0.1, 0.15) is 11.5 Å². The second kappa shape index (κ2) is 9.06. The van der Waals surface area contributed by atoms with Gasteiger partial charge in [0.25, 0.3) is 0 Å². The fourth-order valence-corrected chi connectivity index (χ4v) is 4.37. The highest BCUT2D eigenvalue weighted by Crippen LogP contribution is 2.34. The Hall–Kier alpha value is -3.46. The van der Waals surface area contributed by atoms with Crippen LogP contribution in [0.2, 0.25) is 0 Å². The van der Waals surface area contributed by atoms with Crippen molar-refractivity contribution >= 4 is 38.8 Å². The molecule has 4 aromatic rings. The first-order valence-corrected chi connectivity index (χ1v) is 11.8. The van der Waals surface area contributed by atoms with Crippen LogP contribution in [-0.2, 0) is 4.79 Å². The molecule has 2 heterocycles. The Morgan fingerprint density at radius 1 is 1.15 bits per heavy atom. The number of halogens is 1. The summed E-state index contributed by atoms with van der Waals surface area (Å²) in [6.45, 7) is 10.2. The Balaban J connectivity index is 1.59. The zero-order chi connectivity index (χ0) is 24.6. The highest BCUT2D eigenvalue weighted by Gasteiger charge is 2.23. The molecule has 0 unspecified atom stereocenters. The number of amides is 1. The topological polar surface area (TPSA) is 74.6 Å². The third kappa shape index (κ3) is 5.20. The molecule has 4 rings (SSSR count). The fourth-order valence-electron chi connectivity index (χ4n) is 3.51. The van der Waals surface area contributed by atoms with Gasteiger partial charge in [-0.05, 0) is 58.4 Å². The van der Waals surface area contributed by atoms with Gasteiger partial charge in [0.15, 0.2) is 5.82 Å². The fraction of sp³-hybridized carbons (Fsp3) is 0.320. The van der Waals surface area contributed by atoms with Crippen LogP contribution in [0, 0.1) is 19.7 Å². The molecule has 0 spiro atoms. The second-order valence-corrected chi connectivity index (χ2v) is 10.4. The van der Waals surface area contributed by atoms with Crippen molar-refractivity contribution in [2.24, 2.45) is 0 Å². The minimum atomic E-state index is -0.330. The Bertz CT molecular complexity index is 1340. The van der Waals surface area contributed by atoms with Crippen LogP contribution in [0.1, 0.15) is 31.9 Å². The Morgan fingerprint density at radius 3 is 2.50 bits per heavy atom. The summed E-state index contributed by atoms with van der Waals surface area (Å²) in [7, 11) is 1.81. The van der Waals surface area contributed by atoms with Gasteiger partial charge in [-0.25, -0.2) is 9.37 Å². The van der Waals surface area contributed by atoms with Crippen LogP contribution in [0.5, 0.6) is 0 Å². The maximum Gasteiger partial charge on any atom is 0.243 e. The molecule has 34 heavy (non-hydrogen) atoms. The van der Waals surface area contributed by atoms with E-state index in [1.54, 1.807) is 22.4 Å². The van der Waals surface area contributed by atoms with Crippen molar-refractivity contribution in [2.75, 3.05) is 29.1 Å². The van der Waals surface area contributed by atoms with E-state index < -0.39 is 0 Å². The van der Waals surface area contributed by atoms with E-state index in [2.05, 4.69) is 62.6 Å². The molecule has 0 aliphatic heterocycles. The van der Waals surface area contributed by atoms with Gasteiger partial charge < -0.3 is 15.5 Å². The standard InChI is InChI=1S/C25H29FN6OS/c1-15-7-9-17(10-8-15)21-22(29-25(3,4)5)32-23(28-21)34-24(30-32)31(6)14-20(33)27-19-12-11-18(26)13-16(19)2/h7-13,29H,14H2,1-6H3,(H,27,33). The minimum Gasteiger partial charge on any atom is -0.364 e. The molecule has 2 N–H and O–H groups in total. The summed E-state index contributed by atoms with van der Waals surface area (Å²) in [6, 6.07) is 12.5. The Morgan fingerprint density at radius 2 is 1.85 bits per heavy atom. The normalized spacial score (nSPS) is 11.6. The van der Waals surface area contributed by atoms with Crippen LogP contribution < -0.4 is 15.5 Å². The van der Waals surface area contributed by atoms with E-state index in [4.69, 9.17) is 10.1 Å². The number of anilines is 3. The molecule has 9 heteroatoms. The Kier molecular flexibility index (Phi) is 6.31. The molecule has 0 saturated carbocycles. The zero-order valence-corrected chi connectivity index (χ0v) is 21.0. The molecular formula is C25H29FN6OS. The highest BCUT2D eigenvalue weighted by molar-refractivity contribution is 7.20. The summed E-state index contributed by atoms with van der Waals surface area (Å²) in [6.07, 6.45) is 0. The van der Waals surface area contributed by atoms with Crippen LogP contribution in [0.15, 0.2) is 42.5 Å². The van der Waals surface area contributed by atoms with Gasteiger partial charge in [-0.3, -0.25) is 4.79 Å². The number of rotatable bonds is 6. The molecular weight excluding hydrogens is 451 g/mol. The molecule has 0 saturated heterocycles. The number of imidazole rings is 1. The maximum atomic E-state index is 13.3. The number of carbonyl (C=O) groups is 1. The summed E-state index contributed by atoms with van der Waals surface area (Å²) in [5.41, 5.74) is 4.11. The lowest BCUT2D eigenvalue weighted by atomic mass is 10.1. The van der Waals surface area contributed by atoms with Crippen molar-refractivity contribution < 1.29 is 9.18 Å². The van der Waals surface area contributed by atoms with Crippen molar-refractivity contribution in [3.05, 3.63) is 59.4 Å². The molecule has 0 aliphatic carbocycles. The van der Waals surface area contributed by atoms with Gasteiger partial charge in [0.2, 0.25) is 16.0 Å². The summed E-state index contributed by atoms with van der Waals surface area (Å²) in [5, 5.41) is 11.8. The minimum absolute atomic E-state index is 0.0976. The SMILES string of the molecule is Cc1ccc(-c2nc3sc(N(C)CC(=O)Nc4ccc(F)cc4C)nn3c2NC(C)(C)C)cc1. The first-order valence-electron chi connectivity index (χ1n) is 11.0. The van der Waals surface area contributed by atoms with Crippen molar-refractivity contribution in [1.29, 1.82) is 0 Å². The summed E-state index contributed by atoms with van der Waals surface area (Å²) in [5.74, 6) is 0.274. The zero-order valence-electron chi connectivity index (χ0n) is 20.2. The summed E-state index contributed by atoms with van der Waals surface area (Å²) < 4.78 is 15.1. The average molecular weight is 481 g/mol. The Labute approximate surface area is 202 Å². The molecule has 1 amide bonds. The number of aryl methyl sites for hydroxylation is 2. The molecule has 0 aliphatic rings. The average Bonchev–Trinajstić information content (AvgIpc) is 3.29. The van der Waals surface area contributed by atoms with Crippen LogP contribution in [0.4, 0.5) is 21.0 Å². The number of hydrogen-bond donors (Lipinski definition) is 2. The lowest BCUT2D eigenvalue weighted by Gasteiger charge is -2.22. The lowest BCUT2D eigenvalue weighted by molar-refractivity contribution is -0.114. The van der Waals surface area contributed by atoms with Gasteiger partial charge >= 0.3 is 0 Å². The smallest absolute Gasteiger partial charge is 0.243 e. The first kappa shape index (κ1) is 23.7. The van der Waals surface area contributed by atoms with Gasteiger partial charge in [-0.15, -0.1) is 5.10 Å². The monoisotopic (exact) mass is 480 g/mol. The third-order valence-corrected chi connectivity index (χ3v) is 6.20. The molecule has 0 fully saturated rings. The number of nitrogens with one attached hydrogen (secondary N) is 2. The number of carbonyl (C=O) groups excluding carboxylic acids is 1. The molecule has 2 aromatic carbocycles. The van der Waals surface area contributed by atoms with Crippen molar-refractivity contribution in [2.45, 2.75) is 40.2 Å². The quantitative estimate of drug-likeness (QED) is 0.381. The van der Waals surface area contributed by atoms with Crippen molar-refractivity contribution in [1.82, 2.24) is 14.6 Å². The number of hydrogen-bond acceptors (Lipinski definition) is 6. The van der Waals surface area contributed by atoms with Gasteiger partial charge in [0.05, 0.1) is 6.54 Å². The molecule has 0 radical (unpaired) electrons. The van der Waals surface area contributed by atoms with Gasteiger partial charge in [-0.1, -0.05) is 41.2 Å². The highest BCUT2D eigenvalue weighted by atomic mass is 32.1. The summed E-state index contributed by atoms with van der Waals surface area (Å²) >= 11 is 1.41. The van der Waals surface area contributed by atoms with Crippen molar-refractivity contribution in [3.63, 3.8) is 0 Å². The molecule has 7 nitrogen and oxygen atoms in total. The van der Waals surface area contributed by atoms with E-state index in [9.17, 15) is 9.18 Å². The molecule has 178 valence electrons. The molecule has 0 atom stereocenters. The van der Waals surface area contributed by atoms with Crippen LogP contribution >= 0.6 is 11.3 Å². The van der Waals surface area contributed by atoms with E-state index in [0.717, 1.165) is 22.0 Å². The number of likely N-dealkylation sites (N-methyl/N-ethyl adjacent to an activating group) is 1. The largest absolute Gasteiger partial charge is 0.364 e. The van der Waals surface area contributed by atoms with Gasteiger partial charge in [0, 0.05) is 23.8 Å². The number of benzene rings is 2. The second-order valence-electron chi connectivity index (χ2n) is 9.49. The van der Waals surface area contributed by atoms with E-state index in [1.165, 1.54) is 29.0 Å².